The highest BCUT2D eigenvalue weighted by molar-refractivity contribution is 9.10. The molecule has 9 nitrogen and oxygen atoms in total. The number of nitrogens with two attached hydrogens (primary N) is 1. The molecule has 1 aromatic heterocycles. The van der Waals surface area contributed by atoms with Crippen molar-refractivity contribution in [1.29, 1.82) is 0 Å². The van der Waals surface area contributed by atoms with Gasteiger partial charge in [-0.05, 0) is 45.8 Å². The van der Waals surface area contributed by atoms with E-state index in [-0.39, 0.29) is 26.9 Å². The lowest BCUT2D eigenvalue weighted by Crippen LogP contribution is -2.28. The van der Waals surface area contributed by atoms with Gasteiger partial charge in [0.1, 0.15) is 10.7 Å². The minimum absolute atomic E-state index is 0.0517. The van der Waals surface area contributed by atoms with Gasteiger partial charge in [-0.15, -0.1) is 0 Å². The highest BCUT2D eigenvalue weighted by Crippen LogP contribution is 2.29. The molecule has 2 aromatic carbocycles. The molecule has 0 spiro atoms. The molecule has 0 saturated carbocycles. The summed E-state index contributed by atoms with van der Waals surface area (Å²) in [4.78, 5) is 10.2. The molecule has 0 bridgehead atoms. The van der Waals surface area contributed by atoms with E-state index in [1.165, 1.54) is 31.3 Å². The molecule has 1 heterocycles. The minimum atomic E-state index is -4.01. The Morgan fingerprint density at radius 3 is 2.26 bits per heavy atom. The van der Waals surface area contributed by atoms with Crippen molar-refractivity contribution in [2.45, 2.75) is 22.8 Å². The van der Waals surface area contributed by atoms with Crippen molar-refractivity contribution in [3.63, 3.8) is 0 Å². The first-order valence-electron chi connectivity index (χ1n) is 9.94. The molecule has 0 aliphatic carbocycles. The quantitative estimate of drug-likeness (QED) is 0.407. The van der Waals surface area contributed by atoms with E-state index in [0.717, 1.165) is 14.5 Å². The van der Waals surface area contributed by atoms with E-state index in [4.69, 9.17) is 16.7 Å². The molecule has 0 saturated heterocycles. The fraction of sp³-hybridized carbons (Fsp3) is 0.238. The van der Waals surface area contributed by atoms with Gasteiger partial charge in [-0.2, -0.15) is 4.31 Å². The number of nitrogens with zero attached hydrogens (tertiary/aromatic N) is 4. The molecule has 2 N–H and O–H groups in total. The molecule has 3 rings (SSSR count). The monoisotopic (exact) mass is 587 g/mol. The minimum Gasteiger partial charge on any atom is -0.374 e. The van der Waals surface area contributed by atoms with Gasteiger partial charge in [-0.3, -0.25) is 0 Å². The van der Waals surface area contributed by atoms with Crippen LogP contribution in [0, 0.1) is 0 Å². The number of primary sulfonamides is 1. The van der Waals surface area contributed by atoms with Gasteiger partial charge in [0, 0.05) is 51.7 Å². The maximum atomic E-state index is 13.2. The summed E-state index contributed by atoms with van der Waals surface area (Å²) < 4.78 is 51.8. The number of likely N-dealkylation sites (N-methyl/N-ethyl adjacent to an activating group) is 1. The molecular weight excluding hydrogens is 566 g/mol. The normalized spacial score (nSPS) is 12.2. The van der Waals surface area contributed by atoms with Crippen molar-refractivity contribution in [3.05, 3.63) is 75.7 Å². The number of anilines is 1. The summed E-state index contributed by atoms with van der Waals surface area (Å²) in [7, 11) is -4.81. The summed E-state index contributed by atoms with van der Waals surface area (Å²) in [6, 6.07) is 10.6. The van der Waals surface area contributed by atoms with Crippen molar-refractivity contribution >= 4 is 53.3 Å². The zero-order valence-corrected chi connectivity index (χ0v) is 22.4. The average molecular weight is 589 g/mol. The summed E-state index contributed by atoms with van der Waals surface area (Å²) in [5.74, 6) is 0.682. The molecule has 0 fully saturated rings. The molecule has 0 atom stereocenters. The molecule has 0 aliphatic heterocycles. The lowest BCUT2D eigenvalue weighted by atomic mass is 10.2. The molecular formula is C21H23BrClN5O4S2. The van der Waals surface area contributed by atoms with E-state index < -0.39 is 20.0 Å². The van der Waals surface area contributed by atoms with Gasteiger partial charge in [0.2, 0.25) is 20.0 Å². The molecule has 34 heavy (non-hydrogen) atoms. The molecule has 13 heteroatoms. The topological polar surface area (TPSA) is 127 Å². The number of sulfonamides is 2. The second kappa shape index (κ2) is 10.7. The largest absolute Gasteiger partial charge is 0.374 e. The highest BCUT2D eigenvalue weighted by Gasteiger charge is 2.26. The Morgan fingerprint density at radius 2 is 1.65 bits per heavy atom. The number of aromatic nitrogens is 2. The molecule has 0 radical (unpaired) electrons. The van der Waals surface area contributed by atoms with Crippen LogP contribution in [-0.4, -0.2) is 51.7 Å². The molecule has 3 aromatic rings. The number of hydrogen-bond acceptors (Lipinski definition) is 7. The first kappa shape index (κ1) is 26.5. The summed E-state index contributed by atoms with van der Waals surface area (Å²) in [6.45, 7) is 0.397. The van der Waals surface area contributed by atoms with Crippen LogP contribution in [0.15, 0.2) is 69.1 Å². The fourth-order valence-electron chi connectivity index (χ4n) is 3.21. The second-order valence-corrected chi connectivity index (χ2v) is 12.4. The molecule has 0 unspecified atom stereocenters. The first-order chi connectivity index (χ1) is 15.9. The third-order valence-corrected chi connectivity index (χ3v) is 8.77. The third kappa shape index (κ3) is 6.32. The summed E-state index contributed by atoms with van der Waals surface area (Å²) in [5, 5.41) is 5.31. The number of benzene rings is 2. The molecule has 0 aliphatic rings. The van der Waals surface area contributed by atoms with Gasteiger partial charge in [0.25, 0.3) is 0 Å². The lowest BCUT2D eigenvalue weighted by Gasteiger charge is -2.22. The predicted molar refractivity (Wildman–Crippen MR) is 135 cm³/mol. The summed E-state index contributed by atoms with van der Waals surface area (Å²) >= 11 is 9.66. The Kier molecular flexibility index (Phi) is 8.32. The Morgan fingerprint density at radius 1 is 1.00 bits per heavy atom. The Labute approximate surface area is 212 Å². The van der Waals surface area contributed by atoms with Gasteiger partial charge >= 0.3 is 0 Å². The van der Waals surface area contributed by atoms with E-state index in [9.17, 15) is 16.8 Å². The van der Waals surface area contributed by atoms with Crippen LogP contribution >= 0.6 is 27.5 Å². The lowest BCUT2D eigenvalue weighted by molar-refractivity contribution is 0.463. The third-order valence-electron chi connectivity index (χ3n) is 5.06. The fourth-order valence-corrected chi connectivity index (χ4v) is 5.83. The van der Waals surface area contributed by atoms with E-state index in [1.54, 1.807) is 30.6 Å². The van der Waals surface area contributed by atoms with Crippen molar-refractivity contribution < 1.29 is 16.8 Å². The van der Waals surface area contributed by atoms with Crippen LogP contribution in [0.5, 0.6) is 0 Å². The van der Waals surface area contributed by atoms with E-state index in [1.807, 2.05) is 11.9 Å². The maximum Gasteiger partial charge on any atom is 0.244 e. The van der Waals surface area contributed by atoms with E-state index in [0.29, 0.717) is 18.8 Å². The van der Waals surface area contributed by atoms with Crippen LogP contribution < -0.4 is 10.0 Å². The average Bonchev–Trinajstić information content (AvgIpc) is 2.77. The zero-order valence-electron chi connectivity index (χ0n) is 18.4. The number of rotatable bonds is 9. The smallest absolute Gasteiger partial charge is 0.244 e. The van der Waals surface area contributed by atoms with Crippen molar-refractivity contribution in [2.24, 2.45) is 5.14 Å². The van der Waals surface area contributed by atoms with Gasteiger partial charge in [-0.1, -0.05) is 29.8 Å². The van der Waals surface area contributed by atoms with Crippen molar-refractivity contribution in [2.75, 3.05) is 25.5 Å². The first-order valence-corrected chi connectivity index (χ1v) is 14.1. The van der Waals surface area contributed by atoms with Crippen LogP contribution in [0.2, 0.25) is 5.02 Å². The van der Waals surface area contributed by atoms with E-state index >= 15 is 0 Å². The SMILES string of the molecule is CN(CCc1ncc(Br)cn1)c1ccc(S(=O)(=O)N(C)Cc2ccccc2S(N)(=O)=O)c(Cl)c1. The Hall–Kier alpha value is -2.09. The van der Waals surface area contributed by atoms with Gasteiger partial charge in [-0.25, -0.2) is 31.9 Å². The Balaban J connectivity index is 1.77. The van der Waals surface area contributed by atoms with Crippen LogP contribution in [0.3, 0.4) is 0 Å². The van der Waals surface area contributed by atoms with Crippen LogP contribution in [-0.2, 0) is 33.0 Å². The second-order valence-electron chi connectivity index (χ2n) is 7.52. The van der Waals surface area contributed by atoms with Crippen LogP contribution in [0.1, 0.15) is 11.4 Å². The zero-order chi connectivity index (χ0) is 25.1. The maximum absolute atomic E-state index is 13.2. The van der Waals surface area contributed by atoms with Gasteiger partial charge in [0.15, 0.2) is 0 Å². The number of halogens is 2. The molecule has 0 amide bonds. The Bertz CT molecular complexity index is 1390. The van der Waals surface area contributed by atoms with Gasteiger partial charge in [0.05, 0.1) is 14.4 Å². The molecule has 182 valence electrons. The van der Waals surface area contributed by atoms with E-state index in [2.05, 4.69) is 25.9 Å². The van der Waals surface area contributed by atoms with Crippen LogP contribution in [0.25, 0.3) is 0 Å². The van der Waals surface area contributed by atoms with Crippen LogP contribution in [0.4, 0.5) is 5.69 Å². The van der Waals surface area contributed by atoms with Gasteiger partial charge < -0.3 is 4.90 Å². The van der Waals surface area contributed by atoms with Crippen molar-refractivity contribution in [3.8, 4) is 0 Å². The van der Waals surface area contributed by atoms with Crippen molar-refractivity contribution in [1.82, 2.24) is 14.3 Å². The summed E-state index contributed by atoms with van der Waals surface area (Å²) in [5.41, 5.74) is 0.988. The predicted octanol–water partition coefficient (Wildman–Crippen LogP) is 3.04. The highest BCUT2D eigenvalue weighted by atomic mass is 79.9. The number of hydrogen-bond donors (Lipinski definition) is 1. The summed E-state index contributed by atoms with van der Waals surface area (Å²) in [6.07, 6.45) is 3.95. The standard InChI is InChI=1S/C21H23BrClN5O4S2/c1-27(10-9-21-25-12-16(22)13-26-21)17-7-8-20(18(23)11-17)34(31,32)28(2)14-15-5-3-4-6-19(15)33(24,29)30/h3-8,11-13H,9-10,14H2,1-2H3,(H2,24,29,30).